The predicted octanol–water partition coefficient (Wildman–Crippen LogP) is 3.29. The first-order chi connectivity index (χ1) is 13.1. The number of nitrogens with one attached hydrogen (secondary N) is 1. The molecule has 0 saturated heterocycles. The monoisotopic (exact) mass is 371 g/mol. The highest BCUT2D eigenvalue weighted by molar-refractivity contribution is 6.05. The summed E-state index contributed by atoms with van der Waals surface area (Å²) in [5.74, 6) is 0.152. The number of carbonyl (C=O) groups is 1. The Morgan fingerprint density at radius 3 is 2.30 bits per heavy atom. The van der Waals surface area contributed by atoms with Crippen molar-refractivity contribution in [1.29, 1.82) is 0 Å². The number of halogens is 1. The molecule has 7 nitrogen and oxygen atoms in total. The first-order valence-corrected chi connectivity index (χ1v) is 7.96. The molecule has 1 N–H and O–H groups in total. The first-order valence-electron chi connectivity index (χ1n) is 7.96. The number of amides is 1. The number of hydrogen-bond donors (Lipinski definition) is 1. The molecule has 0 saturated carbocycles. The van der Waals surface area contributed by atoms with Gasteiger partial charge in [-0.25, -0.2) is 9.37 Å². The lowest BCUT2D eigenvalue weighted by atomic mass is 10.1. The summed E-state index contributed by atoms with van der Waals surface area (Å²) in [6.45, 7) is 0. The van der Waals surface area contributed by atoms with Crippen LogP contribution in [0.2, 0.25) is 0 Å². The molecule has 0 spiro atoms. The van der Waals surface area contributed by atoms with Crippen molar-refractivity contribution >= 4 is 11.6 Å². The number of anilines is 1. The molecule has 0 radical (unpaired) electrons. The fourth-order valence-corrected chi connectivity index (χ4v) is 2.61. The summed E-state index contributed by atoms with van der Waals surface area (Å²) < 4.78 is 31.6. The molecule has 0 aliphatic rings. The molecule has 3 aromatic rings. The Balaban J connectivity index is 1.86. The van der Waals surface area contributed by atoms with Crippen LogP contribution in [-0.4, -0.2) is 36.8 Å². The van der Waals surface area contributed by atoms with Crippen LogP contribution in [0.3, 0.4) is 0 Å². The van der Waals surface area contributed by atoms with E-state index >= 15 is 0 Å². The number of methoxy groups -OCH3 is 3. The molecule has 0 aliphatic heterocycles. The third kappa shape index (κ3) is 3.69. The van der Waals surface area contributed by atoms with Crippen molar-refractivity contribution in [2.75, 3.05) is 26.6 Å². The Hall–Kier alpha value is -3.55. The average molecular weight is 371 g/mol. The van der Waals surface area contributed by atoms with E-state index in [1.807, 2.05) is 0 Å². The normalized spacial score (nSPS) is 10.4. The van der Waals surface area contributed by atoms with E-state index in [1.54, 1.807) is 29.1 Å². The smallest absolute Gasteiger partial charge is 0.255 e. The van der Waals surface area contributed by atoms with Gasteiger partial charge in [0, 0.05) is 23.6 Å². The van der Waals surface area contributed by atoms with E-state index in [2.05, 4.69) is 10.3 Å². The SMILES string of the molecule is COc1cc(C(=O)Nc2ccc(-n3ccnc3)c(F)c2)cc(OC)c1OC. The van der Waals surface area contributed by atoms with E-state index in [9.17, 15) is 9.18 Å². The topological polar surface area (TPSA) is 74.6 Å². The van der Waals surface area contributed by atoms with Crippen LogP contribution in [0.5, 0.6) is 17.2 Å². The highest BCUT2D eigenvalue weighted by Gasteiger charge is 2.17. The van der Waals surface area contributed by atoms with E-state index in [0.717, 1.165) is 0 Å². The summed E-state index contributed by atoms with van der Waals surface area (Å²) in [6.07, 6.45) is 4.68. The fourth-order valence-electron chi connectivity index (χ4n) is 2.61. The van der Waals surface area contributed by atoms with Crippen LogP contribution < -0.4 is 19.5 Å². The van der Waals surface area contributed by atoms with Crippen LogP contribution in [0.4, 0.5) is 10.1 Å². The summed E-state index contributed by atoms with van der Waals surface area (Å²) in [5.41, 5.74) is 0.928. The molecule has 27 heavy (non-hydrogen) atoms. The van der Waals surface area contributed by atoms with Crippen molar-refractivity contribution < 1.29 is 23.4 Å². The summed E-state index contributed by atoms with van der Waals surface area (Å²) in [5, 5.41) is 2.66. The van der Waals surface area contributed by atoms with Crippen molar-refractivity contribution in [3.05, 3.63) is 60.4 Å². The highest BCUT2D eigenvalue weighted by atomic mass is 19.1. The zero-order valence-electron chi connectivity index (χ0n) is 15.0. The number of carbonyl (C=O) groups excluding carboxylic acids is 1. The van der Waals surface area contributed by atoms with Crippen LogP contribution in [0, 0.1) is 5.82 Å². The van der Waals surface area contributed by atoms with E-state index < -0.39 is 11.7 Å². The van der Waals surface area contributed by atoms with Gasteiger partial charge in [0.05, 0.1) is 33.3 Å². The molecule has 1 heterocycles. The van der Waals surface area contributed by atoms with Crippen molar-refractivity contribution in [2.45, 2.75) is 0 Å². The molecule has 0 bridgehead atoms. The number of ether oxygens (including phenoxy) is 3. The lowest BCUT2D eigenvalue weighted by Crippen LogP contribution is -2.13. The molecular formula is C19H18FN3O4. The van der Waals surface area contributed by atoms with Crippen molar-refractivity contribution in [2.24, 2.45) is 0 Å². The van der Waals surface area contributed by atoms with E-state index in [1.165, 1.54) is 45.9 Å². The Bertz CT molecular complexity index is 933. The van der Waals surface area contributed by atoms with Crippen LogP contribution in [0.15, 0.2) is 49.1 Å². The molecular weight excluding hydrogens is 353 g/mol. The summed E-state index contributed by atoms with van der Waals surface area (Å²) in [6, 6.07) is 7.45. The number of benzene rings is 2. The van der Waals surface area contributed by atoms with Gasteiger partial charge in [-0.2, -0.15) is 0 Å². The van der Waals surface area contributed by atoms with E-state index in [-0.39, 0.29) is 5.56 Å². The lowest BCUT2D eigenvalue weighted by molar-refractivity contribution is 0.102. The maximum atomic E-state index is 14.3. The van der Waals surface area contributed by atoms with Crippen LogP contribution in [-0.2, 0) is 0 Å². The lowest BCUT2D eigenvalue weighted by Gasteiger charge is -2.14. The van der Waals surface area contributed by atoms with Gasteiger partial charge in [0.2, 0.25) is 5.75 Å². The summed E-state index contributed by atoms with van der Waals surface area (Å²) in [4.78, 5) is 16.5. The molecule has 8 heteroatoms. The Labute approximate surface area is 155 Å². The molecule has 0 atom stereocenters. The van der Waals surface area contributed by atoms with Crippen LogP contribution in [0.25, 0.3) is 5.69 Å². The molecule has 1 amide bonds. The predicted molar refractivity (Wildman–Crippen MR) is 97.6 cm³/mol. The second-order valence-electron chi connectivity index (χ2n) is 5.50. The van der Waals surface area contributed by atoms with Crippen molar-refractivity contribution in [3.8, 4) is 22.9 Å². The second-order valence-corrected chi connectivity index (χ2v) is 5.50. The Kier molecular flexibility index (Phi) is 5.25. The van der Waals surface area contributed by atoms with Gasteiger partial charge < -0.3 is 24.1 Å². The Morgan fingerprint density at radius 2 is 1.78 bits per heavy atom. The number of imidazole rings is 1. The number of aromatic nitrogens is 2. The molecule has 0 aliphatic carbocycles. The number of rotatable bonds is 6. The maximum Gasteiger partial charge on any atom is 0.255 e. The number of nitrogens with zero attached hydrogens (tertiary/aromatic N) is 2. The maximum absolute atomic E-state index is 14.3. The van der Waals surface area contributed by atoms with Crippen LogP contribution in [0.1, 0.15) is 10.4 Å². The first kappa shape index (κ1) is 18.2. The van der Waals surface area contributed by atoms with Gasteiger partial charge >= 0.3 is 0 Å². The highest BCUT2D eigenvalue weighted by Crippen LogP contribution is 2.38. The zero-order valence-corrected chi connectivity index (χ0v) is 15.0. The van der Waals surface area contributed by atoms with Gasteiger partial charge in [-0.3, -0.25) is 4.79 Å². The summed E-state index contributed by atoms with van der Waals surface area (Å²) in [7, 11) is 4.40. The fraction of sp³-hybridized carbons (Fsp3) is 0.158. The molecule has 0 unspecified atom stereocenters. The van der Waals surface area contributed by atoms with Crippen molar-refractivity contribution in [1.82, 2.24) is 9.55 Å². The summed E-state index contributed by atoms with van der Waals surface area (Å²) >= 11 is 0. The van der Waals surface area contributed by atoms with Gasteiger partial charge in [0.1, 0.15) is 5.82 Å². The molecule has 3 rings (SSSR count). The molecule has 0 fully saturated rings. The van der Waals surface area contributed by atoms with Gasteiger partial charge in [0.15, 0.2) is 11.5 Å². The van der Waals surface area contributed by atoms with Gasteiger partial charge in [-0.15, -0.1) is 0 Å². The van der Waals surface area contributed by atoms with E-state index in [0.29, 0.717) is 28.6 Å². The Morgan fingerprint density at radius 1 is 1.07 bits per heavy atom. The van der Waals surface area contributed by atoms with Gasteiger partial charge in [0.25, 0.3) is 5.91 Å². The standard InChI is InChI=1S/C19H18FN3O4/c1-25-16-8-12(9-17(26-2)18(16)27-3)19(24)22-13-4-5-15(14(20)10-13)23-7-6-21-11-23/h4-11H,1-3H3,(H,22,24). The minimum Gasteiger partial charge on any atom is -0.493 e. The molecule has 140 valence electrons. The molecule has 2 aromatic carbocycles. The zero-order chi connectivity index (χ0) is 19.4. The number of hydrogen-bond acceptors (Lipinski definition) is 5. The average Bonchev–Trinajstić information content (AvgIpc) is 3.21. The third-order valence-corrected chi connectivity index (χ3v) is 3.92. The second kappa shape index (κ2) is 7.77. The third-order valence-electron chi connectivity index (χ3n) is 3.92. The van der Waals surface area contributed by atoms with E-state index in [4.69, 9.17) is 14.2 Å². The minimum absolute atomic E-state index is 0.281. The molecule has 1 aromatic heterocycles. The van der Waals surface area contributed by atoms with Gasteiger partial charge in [-0.05, 0) is 30.3 Å². The minimum atomic E-state index is -0.490. The van der Waals surface area contributed by atoms with Crippen LogP contribution >= 0.6 is 0 Å². The van der Waals surface area contributed by atoms with Crippen molar-refractivity contribution in [3.63, 3.8) is 0 Å². The quantitative estimate of drug-likeness (QED) is 0.720. The van der Waals surface area contributed by atoms with Gasteiger partial charge in [-0.1, -0.05) is 0 Å². The largest absolute Gasteiger partial charge is 0.493 e.